The van der Waals surface area contributed by atoms with E-state index in [1.807, 2.05) is 30.3 Å². The maximum absolute atomic E-state index is 12.3. The van der Waals surface area contributed by atoms with E-state index >= 15 is 0 Å². The van der Waals surface area contributed by atoms with Crippen molar-refractivity contribution in [3.05, 3.63) is 94.3 Å². The summed E-state index contributed by atoms with van der Waals surface area (Å²) in [4.78, 5) is 31.6. The number of nitrogens with zero attached hydrogens (tertiary/aromatic N) is 2. The van der Waals surface area contributed by atoms with Crippen molar-refractivity contribution in [2.75, 3.05) is 11.9 Å². The maximum atomic E-state index is 12.3. The molecule has 33 heavy (non-hydrogen) atoms. The number of anilines is 2. The summed E-state index contributed by atoms with van der Waals surface area (Å²) >= 11 is 0. The third-order valence-corrected chi connectivity index (χ3v) is 4.76. The van der Waals surface area contributed by atoms with Gasteiger partial charge in [-0.1, -0.05) is 19.1 Å². The van der Waals surface area contributed by atoms with Crippen LogP contribution in [-0.4, -0.2) is 28.7 Å². The van der Waals surface area contributed by atoms with Crippen LogP contribution in [0, 0.1) is 0 Å². The lowest BCUT2D eigenvalue weighted by atomic mass is 10.2. The lowest BCUT2D eigenvalue weighted by molar-refractivity contribution is 0.0955. The minimum atomic E-state index is -0.335. The van der Waals surface area contributed by atoms with Gasteiger partial charge in [0.2, 0.25) is 5.95 Å². The molecule has 0 saturated carbocycles. The fourth-order valence-corrected chi connectivity index (χ4v) is 3.09. The van der Waals surface area contributed by atoms with E-state index in [-0.39, 0.29) is 11.5 Å². The van der Waals surface area contributed by atoms with Crippen molar-refractivity contribution in [2.45, 2.75) is 13.3 Å². The zero-order chi connectivity index (χ0) is 23.0. The molecule has 1 heterocycles. The van der Waals surface area contributed by atoms with Crippen molar-refractivity contribution in [2.24, 2.45) is 5.10 Å². The molecule has 3 aromatic carbocycles. The van der Waals surface area contributed by atoms with Gasteiger partial charge in [0.1, 0.15) is 5.75 Å². The van der Waals surface area contributed by atoms with Gasteiger partial charge >= 0.3 is 0 Å². The lowest BCUT2D eigenvalue weighted by Gasteiger charge is -2.07. The number of nitrogens with one attached hydrogen (secondary N) is 3. The Bertz CT molecular complexity index is 1330. The van der Waals surface area contributed by atoms with Crippen molar-refractivity contribution < 1.29 is 9.53 Å². The molecular formula is C25H23N5O3. The van der Waals surface area contributed by atoms with Crippen molar-refractivity contribution in [1.82, 2.24) is 15.4 Å². The summed E-state index contributed by atoms with van der Waals surface area (Å²) in [6.07, 6.45) is 2.52. The predicted molar refractivity (Wildman–Crippen MR) is 129 cm³/mol. The Labute approximate surface area is 190 Å². The third-order valence-electron chi connectivity index (χ3n) is 4.76. The molecule has 0 bridgehead atoms. The van der Waals surface area contributed by atoms with Gasteiger partial charge in [-0.3, -0.25) is 14.6 Å². The number of benzene rings is 3. The molecule has 0 radical (unpaired) electrons. The number of H-pyrrole nitrogens is 1. The van der Waals surface area contributed by atoms with Gasteiger partial charge in [0.05, 0.1) is 23.7 Å². The molecule has 4 aromatic rings. The predicted octanol–water partition coefficient (Wildman–Crippen LogP) is 4.22. The van der Waals surface area contributed by atoms with Crippen LogP contribution in [0.25, 0.3) is 10.9 Å². The zero-order valence-electron chi connectivity index (χ0n) is 18.0. The van der Waals surface area contributed by atoms with Gasteiger partial charge in [-0.15, -0.1) is 0 Å². The highest BCUT2D eigenvalue weighted by atomic mass is 16.5. The molecule has 8 nitrogen and oxygen atoms in total. The highest BCUT2D eigenvalue weighted by Crippen LogP contribution is 2.15. The van der Waals surface area contributed by atoms with E-state index < -0.39 is 0 Å². The van der Waals surface area contributed by atoms with Crippen molar-refractivity contribution in [1.29, 1.82) is 0 Å². The molecule has 0 unspecified atom stereocenters. The highest BCUT2D eigenvalue weighted by Gasteiger charge is 2.06. The summed E-state index contributed by atoms with van der Waals surface area (Å²) < 4.78 is 5.54. The first-order chi connectivity index (χ1) is 16.1. The van der Waals surface area contributed by atoms with Gasteiger partial charge in [0.25, 0.3) is 11.5 Å². The summed E-state index contributed by atoms with van der Waals surface area (Å²) in [6, 6.07) is 21.3. The van der Waals surface area contributed by atoms with E-state index in [1.54, 1.807) is 48.7 Å². The number of hydrazone groups is 1. The van der Waals surface area contributed by atoms with Gasteiger partial charge in [0, 0.05) is 11.3 Å². The Morgan fingerprint density at radius 1 is 1.06 bits per heavy atom. The first kappa shape index (κ1) is 21.8. The second kappa shape index (κ2) is 10.2. The first-order valence-electron chi connectivity index (χ1n) is 10.5. The number of fused-ring (bicyclic) bond motifs is 1. The molecule has 0 aliphatic carbocycles. The number of hydrogen-bond acceptors (Lipinski definition) is 6. The maximum Gasteiger partial charge on any atom is 0.271 e. The second-order valence-electron chi connectivity index (χ2n) is 7.25. The molecule has 3 N–H and O–H groups in total. The van der Waals surface area contributed by atoms with Crippen molar-refractivity contribution in [3.63, 3.8) is 0 Å². The van der Waals surface area contributed by atoms with E-state index in [4.69, 9.17) is 4.74 Å². The van der Waals surface area contributed by atoms with Gasteiger partial charge in [-0.05, 0) is 72.6 Å². The fourth-order valence-electron chi connectivity index (χ4n) is 3.09. The Morgan fingerprint density at radius 2 is 1.82 bits per heavy atom. The fraction of sp³-hybridized carbons (Fsp3) is 0.120. The van der Waals surface area contributed by atoms with Crippen LogP contribution >= 0.6 is 0 Å². The van der Waals surface area contributed by atoms with E-state index in [1.165, 1.54) is 0 Å². The molecular weight excluding hydrogens is 418 g/mol. The lowest BCUT2D eigenvalue weighted by Crippen LogP contribution is -2.17. The average Bonchev–Trinajstić information content (AvgIpc) is 2.84. The average molecular weight is 441 g/mol. The van der Waals surface area contributed by atoms with Crippen molar-refractivity contribution in [3.8, 4) is 5.75 Å². The van der Waals surface area contributed by atoms with Crippen LogP contribution < -0.4 is 21.0 Å². The number of carbonyl (C=O) groups is 1. The van der Waals surface area contributed by atoms with Crippen molar-refractivity contribution >= 4 is 34.7 Å². The standard InChI is InChI=1S/C25H23N5O3/c1-2-15-33-20-13-7-17(8-14-20)16-26-30-23(31)18-9-11-19(12-10-18)27-25-28-22-6-4-3-5-21(22)24(32)29-25/h3-14,16H,2,15H2,1H3,(H,30,31)(H2,27,28,29,32)/b26-16-. The summed E-state index contributed by atoms with van der Waals surface area (Å²) in [6.45, 7) is 2.73. The molecule has 1 aromatic heterocycles. The van der Waals surface area contributed by atoms with Crippen LogP contribution in [0.15, 0.2) is 82.7 Å². The van der Waals surface area contributed by atoms with Gasteiger partial charge in [-0.2, -0.15) is 5.10 Å². The summed E-state index contributed by atoms with van der Waals surface area (Å²) in [7, 11) is 0. The third kappa shape index (κ3) is 5.62. The van der Waals surface area contributed by atoms with Gasteiger partial charge in [0.15, 0.2) is 0 Å². The van der Waals surface area contributed by atoms with Gasteiger partial charge < -0.3 is 10.1 Å². The zero-order valence-corrected chi connectivity index (χ0v) is 18.0. The van der Waals surface area contributed by atoms with Crippen LogP contribution in [0.3, 0.4) is 0 Å². The number of aromatic nitrogens is 2. The summed E-state index contributed by atoms with van der Waals surface area (Å²) in [5.41, 5.74) is 4.86. The Morgan fingerprint density at radius 3 is 2.58 bits per heavy atom. The summed E-state index contributed by atoms with van der Waals surface area (Å²) in [5.74, 6) is 0.791. The van der Waals surface area contributed by atoms with Crippen LogP contribution in [0.1, 0.15) is 29.3 Å². The molecule has 0 atom stereocenters. The number of para-hydroxylation sites is 1. The van der Waals surface area contributed by atoms with E-state index in [0.29, 0.717) is 34.7 Å². The second-order valence-corrected chi connectivity index (χ2v) is 7.25. The molecule has 0 aliphatic heterocycles. The Kier molecular flexibility index (Phi) is 6.75. The number of hydrogen-bond donors (Lipinski definition) is 3. The van der Waals surface area contributed by atoms with E-state index in [9.17, 15) is 9.59 Å². The number of aromatic amines is 1. The van der Waals surface area contributed by atoms with E-state index in [2.05, 4.69) is 32.7 Å². The molecule has 166 valence electrons. The van der Waals surface area contributed by atoms with Crippen LogP contribution in [0.5, 0.6) is 5.75 Å². The molecule has 1 amide bonds. The minimum Gasteiger partial charge on any atom is -0.494 e. The normalized spacial score (nSPS) is 10.9. The number of rotatable bonds is 8. The molecule has 0 aliphatic rings. The van der Waals surface area contributed by atoms with Gasteiger partial charge in [-0.25, -0.2) is 10.4 Å². The van der Waals surface area contributed by atoms with Crippen LogP contribution in [0.4, 0.5) is 11.6 Å². The van der Waals surface area contributed by atoms with E-state index in [0.717, 1.165) is 17.7 Å². The number of amides is 1. The Balaban J connectivity index is 1.35. The minimum absolute atomic E-state index is 0.222. The highest BCUT2D eigenvalue weighted by molar-refractivity contribution is 5.95. The Hall–Kier alpha value is -4.46. The molecule has 4 rings (SSSR count). The number of ether oxygens (including phenoxy) is 1. The monoisotopic (exact) mass is 441 g/mol. The largest absolute Gasteiger partial charge is 0.494 e. The first-order valence-corrected chi connectivity index (χ1v) is 10.5. The molecule has 0 saturated heterocycles. The quantitative estimate of drug-likeness (QED) is 0.280. The molecule has 0 spiro atoms. The molecule has 0 fully saturated rings. The topological polar surface area (TPSA) is 108 Å². The summed E-state index contributed by atoms with van der Waals surface area (Å²) in [5, 5.41) is 7.58. The smallest absolute Gasteiger partial charge is 0.271 e. The SMILES string of the molecule is CCCOc1ccc(/C=N\NC(=O)c2ccc(Nc3nc4ccccc4c(=O)[nH]3)cc2)cc1. The number of carbonyl (C=O) groups excluding carboxylic acids is 1. The van der Waals surface area contributed by atoms with Crippen LogP contribution in [0.2, 0.25) is 0 Å². The van der Waals surface area contributed by atoms with Crippen LogP contribution in [-0.2, 0) is 0 Å². The molecule has 8 heteroatoms.